The van der Waals surface area contributed by atoms with Gasteiger partial charge in [-0.15, -0.1) is 0 Å². The van der Waals surface area contributed by atoms with E-state index in [1.165, 1.54) is 0 Å². The Balaban J connectivity index is 2.66. The predicted octanol–water partition coefficient (Wildman–Crippen LogP) is 0.655. The maximum absolute atomic E-state index is 3.88. The average molecular weight is 94.1 g/mol. The van der Waals surface area contributed by atoms with Crippen LogP contribution in [0.4, 0.5) is 0 Å². The molecule has 7 heavy (non-hydrogen) atoms. The van der Waals surface area contributed by atoms with Gasteiger partial charge in [-0.1, -0.05) is 6.58 Å². The third-order valence-corrected chi connectivity index (χ3v) is 0.703. The van der Waals surface area contributed by atoms with E-state index in [-0.39, 0.29) is 0 Å². The first kappa shape index (κ1) is 4.24. The van der Waals surface area contributed by atoms with Gasteiger partial charge in [0.2, 0.25) is 0 Å². The van der Waals surface area contributed by atoms with E-state index in [2.05, 4.69) is 16.6 Å². The number of aliphatic imine (C=N–C) groups is 2. The van der Waals surface area contributed by atoms with Crippen LogP contribution in [-0.4, -0.2) is 19.0 Å². The van der Waals surface area contributed by atoms with E-state index in [0.717, 1.165) is 5.70 Å². The summed E-state index contributed by atoms with van der Waals surface area (Å²) >= 11 is 0. The van der Waals surface area contributed by atoms with Crippen LogP contribution in [0.3, 0.4) is 0 Å². The Hall–Kier alpha value is -0.920. The lowest BCUT2D eigenvalue weighted by molar-refractivity contribution is 1.12. The fraction of sp³-hybridized carbons (Fsp3) is 0.200. The van der Waals surface area contributed by atoms with Crippen molar-refractivity contribution < 1.29 is 0 Å². The maximum atomic E-state index is 3.88. The van der Waals surface area contributed by atoms with Crippen molar-refractivity contribution in [1.29, 1.82) is 0 Å². The molecule has 2 heteroatoms. The van der Waals surface area contributed by atoms with Crippen LogP contribution in [0, 0.1) is 0 Å². The van der Waals surface area contributed by atoms with Crippen LogP contribution in [0.5, 0.6) is 0 Å². The minimum Gasteiger partial charge on any atom is -0.285 e. The Morgan fingerprint density at radius 2 is 2.43 bits per heavy atom. The first-order chi connectivity index (χ1) is 3.39. The third kappa shape index (κ3) is 0.961. The summed E-state index contributed by atoms with van der Waals surface area (Å²) in [6, 6.07) is 0. The molecule has 1 aliphatic heterocycles. The fourth-order valence-electron chi connectivity index (χ4n) is 0.385. The van der Waals surface area contributed by atoms with Gasteiger partial charge in [-0.05, 0) is 0 Å². The molecule has 36 valence electrons. The van der Waals surface area contributed by atoms with Crippen LogP contribution in [0.25, 0.3) is 0 Å². The summed E-state index contributed by atoms with van der Waals surface area (Å²) in [6.07, 6.45) is 3.32. The smallest absolute Gasteiger partial charge is 0.0806 e. The predicted molar refractivity (Wildman–Crippen MR) is 31.0 cm³/mol. The molecule has 0 aromatic carbocycles. The number of hydrogen-bond acceptors (Lipinski definition) is 2. The van der Waals surface area contributed by atoms with Crippen molar-refractivity contribution in [2.75, 3.05) is 6.54 Å². The monoisotopic (exact) mass is 94.1 g/mol. The van der Waals surface area contributed by atoms with E-state index in [1.807, 2.05) is 0 Å². The van der Waals surface area contributed by atoms with Gasteiger partial charge in [0, 0.05) is 12.4 Å². The highest BCUT2D eigenvalue weighted by molar-refractivity contribution is 6.16. The Kier molecular flexibility index (Phi) is 1.02. The molecule has 0 aliphatic carbocycles. The average Bonchev–Trinajstić information content (AvgIpc) is 1.69. The van der Waals surface area contributed by atoms with Crippen LogP contribution in [0.2, 0.25) is 0 Å². The van der Waals surface area contributed by atoms with E-state index < -0.39 is 0 Å². The third-order valence-electron chi connectivity index (χ3n) is 0.703. The molecule has 0 bridgehead atoms. The van der Waals surface area contributed by atoms with Gasteiger partial charge in [-0.25, -0.2) is 0 Å². The van der Waals surface area contributed by atoms with Gasteiger partial charge < -0.3 is 0 Å². The summed E-state index contributed by atoms with van der Waals surface area (Å²) in [5, 5.41) is 0. The second kappa shape index (κ2) is 1.69. The van der Waals surface area contributed by atoms with Crippen molar-refractivity contribution >= 4 is 12.4 Å². The van der Waals surface area contributed by atoms with Crippen molar-refractivity contribution in [3.8, 4) is 0 Å². The Morgan fingerprint density at radius 1 is 1.57 bits per heavy atom. The van der Waals surface area contributed by atoms with E-state index in [0.29, 0.717) is 6.54 Å². The van der Waals surface area contributed by atoms with Crippen molar-refractivity contribution in [2.24, 2.45) is 9.98 Å². The molecule has 0 saturated heterocycles. The zero-order valence-corrected chi connectivity index (χ0v) is 3.96. The first-order valence-electron chi connectivity index (χ1n) is 2.10. The second-order valence-corrected chi connectivity index (χ2v) is 1.33. The molecule has 1 aliphatic rings. The second-order valence-electron chi connectivity index (χ2n) is 1.33. The maximum Gasteiger partial charge on any atom is 0.0806 e. The molecule has 0 N–H and O–H groups in total. The first-order valence-corrected chi connectivity index (χ1v) is 2.10. The zero-order valence-electron chi connectivity index (χ0n) is 3.96. The Bertz CT molecular complexity index is 133. The molecule has 2 nitrogen and oxygen atoms in total. The van der Waals surface area contributed by atoms with Gasteiger partial charge in [0.15, 0.2) is 0 Å². The fourth-order valence-corrected chi connectivity index (χ4v) is 0.385. The molecule has 0 amide bonds. The molecule has 0 atom stereocenters. The molecule has 0 spiro atoms. The van der Waals surface area contributed by atoms with Crippen LogP contribution in [0.1, 0.15) is 0 Å². The normalized spacial score (nSPS) is 18.0. The minimum atomic E-state index is 0.663. The van der Waals surface area contributed by atoms with Crippen molar-refractivity contribution in [3.63, 3.8) is 0 Å². The number of nitrogens with zero attached hydrogens (tertiary/aromatic N) is 2. The number of rotatable bonds is 0. The molecule has 1 rings (SSSR count). The zero-order chi connectivity index (χ0) is 5.11. The van der Waals surface area contributed by atoms with E-state index in [1.54, 1.807) is 12.4 Å². The van der Waals surface area contributed by atoms with Gasteiger partial charge in [0.05, 0.1) is 12.2 Å². The topological polar surface area (TPSA) is 24.7 Å². The van der Waals surface area contributed by atoms with Gasteiger partial charge >= 0.3 is 0 Å². The molecule has 1 heterocycles. The summed E-state index contributed by atoms with van der Waals surface area (Å²) in [7, 11) is 0. The number of hydrogen-bond donors (Lipinski definition) is 0. The molecule has 0 saturated carbocycles. The van der Waals surface area contributed by atoms with Gasteiger partial charge in [-0.2, -0.15) is 0 Å². The van der Waals surface area contributed by atoms with Crippen LogP contribution in [-0.2, 0) is 0 Å². The molecule has 0 radical (unpaired) electrons. The summed E-state index contributed by atoms with van der Waals surface area (Å²) < 4.78 is 0. The largest absolute Gasteiger partial charge is 0.285 e. The van der Waals surface area contributed by atoms with E-state index >= 15 is 0 Å². The standard InChI is InChI=1S/C5H6N2/c1-5-4-6-2-3-7-5/h2-3H,1,4H2. The highest BCUT2D eigenvalue weighted by Crippen LogP contribution is 1.92. The molecule has 0 aromatic rings. The quantitative estimate of drug-likeness (QED) is 0.421. The van der Waals surface area contributed by atoms with Crippen molar-refractivity contribution in [3.05, 3.63) is 12.3 Å². The van der Waals surface area contributed by atoms with Crippen LogP contribution in [0.15, 0.2) is 22.3 Å². The minimum absolute atomic E-state index is 0.663. The van der Waals surface area contributed by atoms with Gasteiger partial charge in [-0.3, -0.25) is 9.98 Å². The lowest BCUT2D eigenvalue weighted by atomic mass is 10.5. The highest BCUT2D eigenvalue weighted by Gasteiger charge is 1.86. The Labute approximate surface area is 42.3 Å². The highest BCUT2D eigenvalue weighted by atomic mass is 14.9. The summed E-state index contributed by atoms with van der Waals surface area (Å²) in [4.78, 5) is 7.75. The van der Waals surface area contributed by atoms with E-state index in [4.69, 9.17) is 0 Å². The molecule has 0 fully saturated rings. The Morgan fingerprint density at radius 3 is 2.71 bits per heavy atom. The van der Waals surface area contributed by atoms with Crippen molar-refractivity contribution in [2.45, 2.75) is 0 Å². The SMILES string of the molecule is C=C1CN=CC=N1. The lowest BCUT2D eigenvalue weighted by Gasteiger charge is -1.94. The molecule has 0 unspecified atom stereocenters. The van der Waals surface area contributed by atoms with Crippen LogP contribution >= 0.6 is 0 Å². The summed E-state index contributed by atoms with van der Waals surface area (Å²) in [6.45, 7) is 4.27. The van der Waals surface area contributed by atoms with Crippen LogP contribution < -0.4 is 0 Å². The summed E-state index contributed by atoms with van der Waals surface area (Å²) in [5.74, 6) is 0. The summed E-state index contributed by atoms with van der Waals surface area (Å²) in [5.41, 5.74) is 0.836. The van der Waals surface area contributed by atoms with Crippen molar-refractivity contribution in [1.82, 2.24) is 0 Å². The lowest BCUT2D eigenvalue weighted by Crippen LogP contribution is -1.91. The van der Waals surface area contributed by atoms with Gasteiger partial charge in [0.25, 0.3) is 0 Å². The van der Waals surface area contributed by atoms with Gasteiger partial charge in [0.1, 0.15) is 0 Å². The van der Waals surface area contributed by atoms with E-state index in [9.17, 15) is 0 Å². The molecule has 0 aromatic heterocycles. The molecular formula is C5H6N2. The molecular weight excluding hydrogens is 88.1 g/mol.